The lowest BCUT2D eigenvalue weighted by atomic mass is 10.0. The van der Waals surface area contributed by atoms with Crippen LogP contribution in [0, 0.1) is 0 Å². The number of halogens is 6. The zero-order chi connectivity index (χ0) is 27.0. The number of hydrazine groups is 1. The van der Waals surface area contributed by atoms with E-state index in [1.807, 2.05) is 4.90 Å². The number of morpholine rings is 1. The second-order valence-corrected chi connectivity index (χ2v) is 9.04. The van der Waals surface area contributed by atoms with Gasteiger partial charge in [-0.2, -0.15) is 26.3 Å². The average molecular weight is 535 g/mol. The fourth-order valence-electron chi connectivity index (χ4n) is 4.40. The number of carbonyl (C=O) groups is 1. The summed E-state index contributed by atoms with van der Waals surface area (Å²) in [6, 6.07) is 0. The zero-order valence-electron chi connectivity index (χ0n) is 20.2. The molecule has 3 aliphatic rings. The topological polar surface area (TPSA) is 77.1 Å². The number of anilines is 1. The Morgan fingerprint density at radius 3 is 2.30 bits per heavy atom. The molecule has 3 aliphatic heterocycles. The highest BCUT2D eigenvalue weighted by molar-refractivity contribution is 5.81. The lowest BCUT2D eigenvalue weighted by molar-refractivity contribution is -0.149. The van der Waals surface area contributed by atoms with Crippen LogP contribution in [-0.4, -0.2) is 102 Å². The van der Waals surface area contributed by atoms with E-state index in [0.29, 0.717) is 38.4 Å². The van der Waals surface area contributed by atoms with E-state index in [2.05, 4.69) is 15.4 Å². The normalized spacial score (nSPS) is 22.2. The maximum absolute atomic E-state index is 13.4. The highest BCUT2D eigenvalue weighted by Crippen LogP contribution is 2.34. The molecule has 1 atom stereocenters. The maximum Gasteiger partial charge on any atom is 0.419 e. The molecule has 0 aliphatic carbocycles. The summed E-state index contributed by atoms with van der Waals surface area (Å²) in [7, 11) is 1.49. The first-order chi connectivity index (χ1) is 17.3. The largest absolute Gasteiger partial charge is 0.419 e. The first-order valence-corrected chi connectivity index (χ1v) is 11.6. The van der Waals surface area contributed by atoms with Crippen LogP contribution < -0.4 is 10.3 Å². The van der Waals surface area contributed by atoms with Gasteiger partial charge in [-0.1, -0.05) is 0 Å². The molecular weight excluding hydrogens is 508 g/mol. The number of carbonyl (C=O) groups excluding carboxylic acids is 1. The van der Waals surface area contributed by atoms with Crippen molar-refractivity contribution >= 4 is 11.9 Å². The minimum Gasteiger partial charge on any atom is -0.366 e. The highest BCUT2D eigenvalue weighted by atomic mass is 19.4. The molecule has 4 rings (SSSR count). The van der Waals surface area contributed by atoms with Gasteiger partial charge in [-0.3, -0.25) is 14.7 Å². The lowest BCUT2D eigenvalue weighted by Crippen LogP contribution is -2.56. The van der Waals surface area contributed by atoms with Crippen molar-refractivity contribution < 1.29 is 35.9 Å². The molecule has 4 heterocycles. The molecule has 0 unspecified atom stereocenters. The molecule has 204 valence electrons. The minimum atomic E-state index is -4.52. The number of nitrogens with zero attached hydrogens (tertiary/aromatic N) is 6. The quantitative estimate of drug-likeness (QED) is 0.588. The number of aromatic nitrogens is 2. The number of hydrogen-bond donors (Lipinski definition) is 1. The van der Waals surface area contributed by atoms with Gasteiger partial charge < -0.3 is 20.0 Å². The molecule has 0 saturated carbocycles. The van der Waals surface area contributed by atoms with Crippen molar-refractivity contribution in [1.29, 1.82) is 0 Å². The third kappa shape index (κ3) is 6.26. The summed E-state index contributed by atoms with van der Waals surface area (Å²) < 4.78 is 84.0. The fraction of sp³-hybridized carbons (Fsp3) is 0.591. The summed E-state index contributed by atoms with van der Waals surface area (Å²) in [5.41, 5.74) is 1.77. The molecule has 0 bridgehead atoms. The van der Waals surface area contributed by atoms with Crippen molar-refractivity contribution in [3.8, 4) is 0 Å². The standard InChI is InChI=1S/C22H27F6N7O2/c1-14-16(22(26,27)28)11-32(2)31-17(14)12-33-7-8-37-18(13-33)19(36)34-3-5-35(6-4-34)20-29-9-15(10-30-20)21(23,24)25/h9-11,18,31H,3-8,12-13H2,1-2H3/t18-/m1/s1. The summed E-state index contributed by atoms with van der Waals surface area (Å²) in [4.78, 5) is 25.9. The third-order valence-electron chi connectivity index (χ3n) is 6.44. The Labute approximate surface area is 209 Å². The fourth-order valence-corrected chi connectivity index (χ4v) is 4.40. The van der Waals surface area contributed by atoms with Crippen molar-refractivity contribution in [3.05, 3.63) is 41.0 Å². The van der Waals surface area contributed by atoms with Crippen LogP contribution in [0.15, 0.2) is 35.4 Å². The SMILES string of the molecule is CC1=C(CN2CCO[C@@H](C(=O)N3CCN(c4ncc(C(F)(F)F)cn4)CC3)C2)NN(C)C=C1C(F)(F)F. The summed E-state index contributed by atoms with van der Waals surface area (Å²) in [6.45, 7) is 3.81. The Kier molecular flexibility index (Phi) is 7.55. The summed E-state index contributed by atoms with van der Waals surface area (Å²) in [5, 5.41) is 1.26. The first kappa shape index (κ1) is 27.0. The van der Waals surface area contributed by atoms with Crippen molar-refractivity contribution in [2.75, 3.05) is 64.4 Å². The van der Waals surface area contributed by atoms with Gasteiger partial charge in [-0.25, -0.2) is 9.97 Å². The molecule has 15 heteroatoms. The monoisotopic (exact) mass is 535 g/mol. The van der Waals surface area contributed by atoms with Crippen molar-refractivity contribution in [2.24, 2.45) is 0 Å². The second kappa shape index (κ2) is 10.4. The number of nitrogens with one attached hydrogen (secondary N) is 1. The minimum absolute atomic E-state index is 0.0987. The van der Waals surface area contributed by atoms with Crippen LogP contribution in [-0.2, 0) is 15.7 Å². The van der Waals surface area contributed by atoms with Crippen molar-refractivity contribution in [3.63, 3.8) is 0 Å². The Hall–Kier alpha value is -3.07. The Bertz CT molecular complexity index is 1050. The number of rotatable bonds is 4. The third-order valence-corrected chi connectivity index (χ3v) is 6.44. The number of piperazine rings is 1. The number of alkyl halides is 6. The van der Waals surface area contributed by atoms with Crippen molar-refractivity contribution in [2.45, 2.75) is 25.4 Å². The smallest absolute Gasteiger partial charge is 0.366 e. The molecule has 2 saturated heterocycles. The lowest BCUT2D eigenvalue weighted by Gasteiger charge is -2.39. The summed E-state index contributed by atoms with van der Waals surface area (Å²) in [6.07, 6.45) is -7.32. The van der Waals surface area contributed by atoms with E-state index in [9.17, 15) is 31.1 Å². The molecule has 1 aromatic rings. The van der Waals surface area contributed by atoms with Gasteiger partial charge >= 0.3 is 12.4 Å². The van der Waals surface area contributed by atoms with Gasteiger partial charge in [0.1, 0.15) is 6.10 Å². The van der Waals surface area contributed by atoms with Crippen molar-refractivity contribution in [1.82, 2.24) is 30.2 Å². The summed E-state index contributed by atoms with van der Waals surface area (Å²) in [5.74, 6) is -0.0888. The molecule has 1 amide bonds. The van der Waals surface area contributed by atoms with E-state index in [0.717, 1.165) is 18.6 Å². The highest BCUT2D eigenvalue weighted by Gasteiger charge is 2.39. The number of allylic oxidation sites excluding steroid dienone is 2. The molecular formula is C22H27F6N7O2. The van der Waals surface area contributed by atoms with Gasteiger partial charge in [-0.15, -0.1) is 0 Å². The molecule has 0 spiro atoms. The molecule has 37 heavy (non-hydrogen) atoms. The van der Waals surface area contributed by atoms with Gasteiger partial charge in [-0.05, 0) is 12.5 Å². The number of amides is 1. The first-order valence-electron chi connectivity index (χ1n) is 11.6. The predicted octanol–water partition coefficient (Wildman–Crippen LogP) is 2.01. The van der Waals surface area contributed by atoms with Gasteiger partial charge in [0.05, 0.1) is 17.7 Å². The van der Waals surface area contributed by atoms with Crippen LogP contribution >= 0.6 is 0 Å². The zero-order valence-corrected chi connectivity index (χ0v) is 20.2. The van der Waals surface area contributed by atoms with Crippen LogP contribution in [0.4, 0.5) is 32.3 Å². The van der Waals surface area contributed by atoms with E-state index in [1.54, 1.807) is 9.80 Å². The Morgan fingerprint density at radius 2 is 1.70 bits per heavy atom. The average Bonchev–Trinajstić information content (AvgIpc) is 2.85. The van der Waals surface area contributed by atoms with E-state index < -0.39 is 29.6 Å². The van der Waals surface area contributed by atoms with E-state index >= 15 is 0 Å². The van der Waals surface area contributed by atoms with Gasteiger partial charge in [0.2, 0.25) is 5.95 Å². The Morgan fingerprint density at radius 1 is 1.05 bits per heavy atom. The number of ether oxygens (including phenoxy) is 1. The van der Waals surface area contributed by atoms with E-state index in [4.69, 9.17) is 4.74 Å². The molecule has 0 aromatic carbocycles. The van der Waals surface area contributed by atoms with Crippen LogP contribution in [0.1, 0.15) is 12.5 Å². The summed E-state index contributed by atoms with van der Waals surface area (Å²) >= 11 is 0. The van der Waals surface area contributed by atoms with Gasteiger partial charge in [0.15, 0.2) is 0 Å². The maximum atomic E-state index is 13.4. The molecule has 0 radical (unpaired) electrons. The Balaban J connectivity index is 1.33. The van der Waals surface area contributed by atoms with Crippen LogP contribution in [0.2, 0.25) is 0 Å². The van der Waals surface area contributed by atoms with Crippen LogP contribution in [0.3, 0.4) is 0 Å². The van der Waals surface area contributed by atoms with E-state index in [1.165, 1.54) is 19.0 Å². The van der Waals surface area contributed by atoms with Crippen LogP contribution in [0.25, 0.3) is 0 Å². The molecule has 1 aromatic heterocycles. The van der Waals surface area contributed by atoms with Gasteiger partial charge in [0, 0.05) is 77.2 Å². The second-order valence-electron chi connectivity index (χ2n) is 9.04. The molecule has 9 nitrogen and oxygen atoms in total. The van der Waals surface area contributed by atoms with E-state index in [-0.39, 0.29) is 37.1 Å². The van der Waals surface area contributed by atoms with Crippen LogP contribution in [0.5, 0.6) is 0 Å². The molecule has 1 N–H and O–H groups in total. The van der Waals surface area contributed by atoms with Gasteiger partial charge in [0.25, 0.3) is 5.91 Å². The number of hydrogen-bond acceptors (Lipinski definition) is 8. The molecule has 2 fully saturated rings. The predicted molar refractivity (Wildman–Crippen MR) is 120 cm³/mol.